The Kier molecular flexibility index (Phi) is 10.4. The number of aliphatic imine (C=N–C) groups is 1. The molecule has 1 aliphatic carbocycles. The summed E-state index contributed by atoms with van der Waals surface area (Å²) in [5.41, 5.74) is 7.28. The van der Waals surface area contributed by atoms with Crippen LogP contribution in [0.1, 0.15) is 52.8 Å². The molecule has 4 N–H and O–H groups in total. The molecule has 0 saturated heterocycles. The summed E-state index contributed by atoms with van der Waals surface area (Å²) in [7, 11) is 0. The highest BCUT2D eigenvalue weighted by Gasteiger charge is 2.32. The second kappa shape index (κ2) is 15.4. The first kappa shape index (κ1) is 35.6. The molecule has 0 saturated carbocycles. The molecule has 53 heavy (non-hydrogen) atoms. The standard InChI is InChI=1S/C41H37ClN6O5/c1-41(24-49,40(50)51)47-22-29-12-15-36(48-39(29)52-23-26-18-25(19-43)20-44-21-26)53-35-14-13-32-31(5-3-6-33(32)35)34-7-2-4-30(37(34)42)27-8-10-28(11-9-27)38-45-16-17-46-38/h2-12,15,18,20-21,35,47,49H,13-14,16-17,22-24H2,1H3,(H,45,46)(H,50,51)/t35-,41?/m0/s1. The number of pyridine rings is 2. The molecular formula is C41H37ClN6O5. The van der Waals surface area contributed by atoms with Gasteiger partial charge in [-0.2, -0.15) is 10.2 Å². The average molecular weight is 729 g/mol. The monoisotopic (exact) mass is 728 g/mol. The number of nitrogens with zero attached hydrogens (tertiary/aromatic N) is 4. The number of hydrogen-bond donors (Lipinski definition) is 4. The van der Waals surface area contributed by atoms with E-state index in [9.17, 15) is 20.3 Å². The fourth-order valence-corrected chi connectivity index (χ4v) is 6.88. The molecule has 5 aromatic rings. The summed E-state index contributed by atoms with van der Waals surface area (Å²) in [6, 6.07) is 27.8. The van der Waals surface area contributed by atoms with Gasteiger partial charge in [-0.3, -0.25) is 20.1 Å². The maximum Gasteiger partial charge on any atom is 0.326 e. The maximum atomic E-state index is 11.8. The van der Waals surface area contributed by atoms with Crippen LogP contribution in [0.5, 0.6) is 11.8 Å². The molecule has 0 spiro atoms. The minimum atomic E-state index is -1.57. The summed E-state index contributed by atoms with van der Waals surface area (Å²) in [5, 5.41) is 35.6. The Hall–Kier alpha value is -5.80. The molecule has 1 unspecified atom stereocenters. The Bertz CT molecular complexity index is 2240. The van der Waals surface area contributed by atoms with Gasteiger partial charge in [-0.05, 0) is 54.2 Å². The molecule has 2 atom stereocenters. The van der Waals surface area contributed by atoms with Crippen molar-refractivity contribution in [1.82, 2.24) is 20.6 Å². The number of aliphatic hydroxyl groups excluding tert-OH is 1. The van der Waals surface area contributed by atoms with Crippen LogP contribution in [0.2, 0.25) is 5.02 Å². The van der Waals surface area contributed by atoms with Crippen molar-refractivity contribution in [3.8, 4) is 40.1 Å². The van der Waals surface area contributed by atoms with Crippen LogP contribution in [-0.4, -0.2) is 57.2 Å². The molecule has 11 nitrogen and oxygen atoms in total. The highest BCUT2D eigenvalue weighted by atomic mass is 35.5. The zero-order valence-corrected chi connectivity index (χ0v) is 29.7. The number of nitriles is 1. The van der Waals surface area contributed by atoms with E-state index >= 15 is 0 Å². The first-order chi connectivity index (χ1) is 25.8. The van der Waals surface area contributed by atoms with E-state index < -0.39 is 18.1 Å². The van der Waals surface area contributed by atoms with E-state index in [1.54, 1.807) is 24.4 Å². The first-order valence-electron chi connectivity index (χ1n) is 17.3. The fourth-order valence-electron chi connectivity index (χ4n) is 6.54. The second-order valence-electron chi connectivity index (χ2n) is 13.2. The van der Waals surface area contributed by atoms with Crippen molar-refractivity contribution in [2.75, 3.05) is 19.7 Å². The number of aliphatic carboxylic acids is 1. The van der Waals surface area contributed by atoms with Gasteiger partial charge in [0.15, 0.2) is 0 Å². The van der Waals surface area contributed by atoms with Crippen molar-refractivity contribution in [2.24, 2.45) is 4.99 Å². The number of carboxylic acids is 1. The van der Waals surface area contributed by atoms with Gasteiger partial charge in [0.1, 0.15) is 30.2 Å². The van der Waals surface area contributed by atoms with E-state index in [0.29, 0.717) is 27.6 Å². The van der Waals surface area contributed by atoms with Crippen molar-refractivity contribution in [3.05, 3.63) is 130 Å². The molecule has 2 aliphatic rings. The van der Waals surface area contributed by atoms with Crippen LogP contribution in [0.4, 0.5) is 0 Å². The van der Waals surface area contributed by atoms with Gasteiger partial charge < -0.3 is 25.0 Å². The van der Waals surface area contributed by atoms with Crippen LogP contribution in [0.25, 0.3) is 22.3 Å². The number of rotatable bonds is 13. The van der Waals surface area contributed by atoms with Gasteiger partial charge in [0.25, 0.3) is 0 Å². The molecule has 3 aromatic carbocycles. The molecule has 3 heterocycles. The average Bonchev–Trinajstić information content (AvgIpc) is 3.88. The van der Waals surface area contributed by atoms with Gasteiger partial charge in [-0.25, -0.2) is 0 Å². The second-order valence-corrected chi connectivity index (χ2v) is 13.5. The minimum Gasteiger partial charge on any atom is -0.480 e. The summed E-state index contributed by atoms with van der Waals surface area (Å²) < 4.78 is 12.6. The lowest BCUT2D eigenvalue weighted by atomic mass is 9.93. The van der Waals surface area contributed by atoms with Crippen LogP contribution in [0.3, 0.4) is 0 Å². The number of amidine groups is 1. The van der Waals surface area contributed by atoms with Crippen LogP contribution in [0, 0.1) is 11.3 Å². The topological polar surface area (TPSA) is 162 Å². The molecule has 7 rings (SSSR count). The Labute approximate surface area is 311 Å². The quantitative estimate of drug-likeness (QED) is 0.109. The fraction of sp³-hybridized carbons (Fsp3) is 0.244. The van der Waals surface area contributed by atoms with Crippen molar-refractivity contribution >= 4 is 23.4 Å². The normalized spacial score (nSPS) is 15.8. The molecule has 268 valence electrons. The summed E-state index contributed by atoms with van der Waals surface area (Å²) >= 11 is 7.15. The van der Waals surface area contributed by atoms with Gasteiger partial charge in [0.2, 0.25) is 11.8 Å². The van der Waals surface area contributed by atoms with Crippen LogP contribution in [-0.2, 0) is 24.4 Å². The number of halogens is 1. The number of carboxylic acid groups (broad SMARTS) is 1. The van der Waals surface area contributed by atoms with Crippen LogP contribution < -0.4 is 20.1 Å². The Morgan fingerprint density at radius 3 is 2.58 bits per heavy atom. The lowest BCUT2D eigenvalue weighted by molar-refractivity contribution is -0.145. The van der Waals surface area contributed by atoms with Gasteiger partial charge >= 0.3 is 5.97 Å². The molecule has 0 radical (unpaired) electrons. The van der Waals surface area contributed by atoms with Crippen LogP contribution in [0.15, 0.2) is 96.2 Å². The molecule has 12 heteroatoms. The van der Waals surface area contributed by atoms with E-state index in [0.717, 1.165) is 70.7 Å². The lowest BCUT2D eigenvalue weighted by Gasteiger charge is -2.24. The molecule has 1 aliphatic heterocycles. The van der Waals surface area contributed by atoms with E-state index in [4.69, 9.17) is 26.1 Å². The maximum absolute atomic E-state index is 11.8. The number of hydrogen-bond acceptors (Lipinski definition) is 10. The number of aliphatic hydroxyl groups is 1. The van der Waals surface area contributed by atoms with E-state index in [1.807, 2.05) is 24.3 Å². The minimum absolute atomic E-state index is 0.0501. The number of ether oxygens (including phenoxy) is 2. The Morgan fingerprint density at radius 1 is 1.06 bits per heavy atom. The summed E-state index contributed by atoms with van der Waals surface area (Å²) in [6.45, 7) is 2.54. The lowest BCUT2D eigenvalue weighted by Crippen LogP contribution is -2.52. The summed E-state index contributed by atoms with van der Waals surface area (Å²) in [4.78, 5) is 25.1. The van der Waals surface area contributed by atoms with Crippen molar-refractivity contribution in [1.29, 1.82) is 5.26 Å². The Balaban J connectivity index is 1.14. The highest BCUT2D eigenvalue weighted by molar-refractivity contribution is 6.36. The predicted octanol–water partition coefficient (Wildman–Crippen LogP) is 6.26. The number of carbonyl (C=O) groups is 1. The Morgan fingerprint density at radius 2 is 1.83 bits per heavy atom. The zero-order chi connectivity index (χ0) is 37.0. The summed E-state index contributed by atoms with van der Waals surface area (Å²) in [5.74, 6) is 0.283. The van der Waals surface area contributed by atoms with E-state index in [1.165, 1.54) is 13.1 Å². The van der Waals surface area contributed by atoms with Gasteiger partial charge in [0.05, 0.1) is 23.7 Å². The molecule has 0 bridgehead atoms. The predicted molar refractivity (Wildman–Crippen MR) is 201 cm³/mol. The van der Waals surface area contributed by atoms with Gasteiger partial charge in [-0.1, -0.05) is 72.3 Å². The van der Waals surface area contributed by atoms with Crippen molar-refractivity contribution < 1.29 is 24.5 Å². The van der Waals surface area contributed by atoms with Crippen molar-refractivity contribution in [2.45, 2.75) is 44.6 Å². The number of fused-ring (bicyclic) bond motifs is 1. The molecule has 0 amide bonds. The molecule has 0 fully saturated rings. The number of nitrogens with one attached hydrogen (secondary N) is 2. The number of benzene rings is 3. The number of aromatic nitrogens is 2. The highest BCUT2D eigenvalue weighted by Crippen LogP contribution is 2.44. The van der Waals surface area contributed by atoms with Gasteiger partial charge in [0, 0.05) is 59.4 Å². The van der Waals surface area contributed by atoms with Crippen molar-refractivity contribution in [3.63, 3.8) is 0 Å². The van der Waals surface area contributed by atoms with E-state index in [2.05, 4.69) is 63.1 Å². The largest absolute Gasteiger partial charge is 0.480 e. The van der Waals surface area contributed by atoms with Crippen LogP contribution >= 0.6 is 11.6 Å². The first-order valence-corrected chi connectivity index (χ1v) is 17.7. The van der Waals surface area contributed by atoms with Gasteiger partial charge in [-0.15, -0.1) is 0 Å². The smallest absolute Gasteiger partial charge is 0.326 e. The molecule has 2 aromatic heterocycles. The molecular weight excluding hydrogens is 692 g/mol. The van der Waals surface area contributed by atoms with E-state index in [-0.39, 0.29) is 25.1 Å². The zero-order valence-electron chi connectivity index (χ0n) is 29.0. The summed E-state index contributed by atoms with van der Waals surface area (Å²) in [6.07, 6.45) is 4.29. The third kappa shape index (κ3) is 7.57. The third-order valence-electron chi connectivity index (χ3n) is 9.58. The SMILES string of the molecule is CC(CO)(NCc1ccc(O[C@H]2CCc3c(-c4cccc(-c5ccc(C6=NCCN6)cc5)c4Cl)cccc32)nc1OCc1cncc(C#N)c1)C(=O)O. The third-order valence-corrected chi connectivity index (χ3v) is 9.99.